The summed E-state index contributed by atoms with van der Waals surface area (Å²) in [6, 6.07) is 0.290. The molecule has 0 radical (unpaired) electrons. The van der Waals surface area contributed by atoms with E-state index in [1.165, 1.54) is 14.0 Å². The van der Waals surface area contributed by atoms with Gasteiger partial charge in [0, 0.05) is 19.3 Å². The van der Waals surface area contributed by atoms with Gasteiger partial charge < -0.3 is 15.4 Å². The molecule has 7 heteroatoms. The molecule has 0 fully saturated rings. The van der Waals surface area contributed by atoms with E-state index in [1.807, 2.05) is 6.07 Å². The van der Waals surface area contributed by atoms with Crippen molar-refractivity contribution in [3.63, 3.8) is 0 Å². The van der Waals surface area contributed by atoms with Gasteiger partial charge in [-0.2, -0.15) is 5.26 Å². The minimum atomic E-state index is -0.919. The Kier molecular flexibility index (Phi) is 8.06. The molecule has 0 spiro atoms. The van der Waals surface area contributed by atoms with E-state index in [-0.39, 0.29) is 18.2 Å². The van der Waals surface area contributed by atoms with E-state index in [1.54, 1.807) is 20.8 Å². The van der Waals surface area contributed by atoms with Crippen LogP contribution in [0, 0.1) is 23.2 Å². The third-order valence-electron chi connectivity index (χ3n) is 3.04. The summed E-state index contributed by atoms with van der Waals surface area (Å²) in [5, 5.41) is 13.8. The highest BCUT2D eigenvalue weighted by atomic mass is 16.5. The molecule has 0 aromatic rings. The molecular weight excluding hydrogens is 274 g/mol. The molecule has 0 unspecified atom stereocenters. The Morgan fingerprint density at radius 2 is 1.71 bits per heavy atom. The van der Waals surface area contributed by atoms with E-state index in [4.69, 9.17) is 5.26 Å². The molecule has 3 atom stereocenters. The van der Waals surface area contributed by atoms with Gasteiger partial charge in [0.15, 0.2) is 0 Å². The summed E-state index contributed by atoms with van der Waals surface area (Å²) in [6.45, 7) is 6.56. The smallest absolute Gasteiger partial charge is 0.328 e. The molecule has 2 N–H and O–H groups in total. The van der Waals surface area contributed by atoms with Gasteiger partial charge in [0.05, 0.1) is 13.2 Å². The topological polar surface area (TPSA) is 108 Å². The number of nitrogens with one attached hydrogen (secondary N) is 2. The fourth-order valence-corrected chi connectivity index (χ4v) is 1.82. The minimum Gasteiger partial charge on any atom is -0.467 e. The quantitative estimate of drug-likeness (QED) is 0.659. The van der Waals surface area contributed by atoms with Crippen LogP contribution in [0.3, 0.4) is 0 Å². The van der Waals surface area contributed by atoms with Crippen LogP contribution >= 0.6 is 0 Å². The van der Waals surface area contributed by atoms with Gasteiger partial charge in [-0.05, 0) is 5.92 Å². The molecule has 21 heavy (non-hydrogen) atoms. The molecule has 0 aromatic heterocycles. The predicted octanol–water partition coefficient (Wildman–Crippen LogP) is 0.355. The van der Waals surface area contributed by atoms with Crippen LogP contribution in [0.25, 0.3) is 0 Å². The van der Waals surface area contributed by atoms with Crippen LogP contribution in [-0.4, -0.2) is 37.0 Å². The lowest BCUT2D eigenvalue weighted by Crippen LogP contribution is -2.55. The molecular formula is C14H23N3O4. The first kappa shape index (κ1) is 18.9. The lowest BCUT2D eigenvalue weighted by molar-refractivity contribution is -0.147. The van der Waals surface area contributed by atoms with Gasteiger partial charge in [0.2, 0.25) is 11.8 Å². The summed E-state index contributed by atoms with van der Waals surface area (Å²) in [6.07, 6.45) is 0.104. The zero-order chi connectivity index (χ0) is 16.6. The largest absolute Gasteiger partial charge is 0.467 e. The Morgan fingerprint density at radius 1 is 1.14 bits per heavy atom. The summed E-state index contributed by atoms with van der Waals surface area (Å²) < 4.78 is 4.65. The molecule has 0 bridgehead atoms. The lowest BCUT2D eigenvalue weighted by Gasteiger charge is -2.26. The van der Waals surface area contributed by atoms with E-state index in [0.29, 0.717) is 0 Å². The Hall–Kier alpha value is -2.10. The molecule has 118 valence electrons. The van der Waals surface area contributed by atoms with Gasteiger partial charge >= 0.3 is 5.97 Å². The van der Waals surface area contributed by atoms with Gasteiger partial charge in [-0.15, -0.1) is 0 Å². The van der Waals surface area contributed by atoms with Crippen molar-refractivity contribution in [1.29, 1.82) is 5.26 Å². The Balaban J connectivity index is 5.04. The van der Waals surface area contributed by atoms with Crippen LogP contribution in [0.15, 0.2) is 0 Å². The average Bonchev–Trinajstić information content (AvgIpc) is 2.40. The number of esters is 1. The summed E-state index contributed by atoms with van der Waals surface area (Å²) >= 11 is 0. The van der Waals surface area contributed by atoms with E-state index < -0.39 is 29.9 Å². The van der Waals surface area contributed by atoms with Crippen molar-refractivity contribution in [2.45, 2.75) is 46.2 Å². The van der Waals surface area contributed by atoms with Crippen molar-refractivity contribution in [3.8, 4) is 6.07 Å². The average molecular weight is 297 g/mol. The van der Waals surface area contributed by atoms with Crippen LogP contribution in [-0.2, 0) is 19.1 Å². The van der Waals surface area contributed by atoms with Crippen LogP contribution < -0.4 is 10.6 Å². The SMILES string of the molecule is COC(=O)[C@H](NC(=O)[C@H](NC(C)=O)C(C)C)[C@H](C)CC#N. The molecule has 2 amide bonds. The van der Waals surface area contributed by atoms with Gasteiger partial charge in [-0.1, -0.05) is 20.8 Å². The highest BCUT2D eigenvalue weighted by Gasteiger charge is 2.31. The highest BCUT2D eigenvalue weighted by molar-refractivity contribution is 5.90. The summed E-state index contributed by atoms with van der Waals surface area (Å²) in [5.41, 5.74) is 0. The molecule has 0 saturated heterocycles. The fraction of sp³-hybridized carbons (Fsp3) is 0.714. The zero-order valence-electron chi connectivity index (χ0n) is 13.1. The van der Waals surface area contributed by atoms with Crippen LogP contribution in [0.5, 0.6) is 0 Å². The fourth-order valence-electron chi connectivity index (χ4n) is 1.82. The van der Waals surface area contributed by atoms with Crippen molar-refractivity contribution in [1.82, 2.24) is 10.6 Å². The number of carbonyl (C=O) groups excluding carboxylic acids is 3. The second-order valence-electron chi connectivity index (χ2n) is 5.27. The molecule has 0 aliphatic heterocycles. The Bertz CT molecular complexity index is 428. The van der Waals surface area contributed by atoms with E-state index in [9.17, 15) is 14.4 Å². The maximum Gasteiger partial charge on any atom is 0.328 e. The molecule has 0 heterocycles. The lowest BCUT2D eigenvalue weighted by atomic mass is 9.97. The van der Waals surface area contributed by atoms with Gasteiger partial charge in [-0.25, -0.2) is 4.79 Å². The van der Waals surface area contributed by atoms with Crippen molar-refractivity contribution >= 4 is 17.8 Å². The monoisotopic (exact) mass is 297 g/mol. The number of hydrogen-bond acceptors (Lipinski definition) is 5. The first-order valence-electron chi connectivity index (χ1n) is 6.76. The van der Waals surface area contributed by atoms with Crippen molar-refractivity contribution in [2.75, 3.05) is 7.11 Å². The number of rotatable bonds is 7. The normalized spacial score (nSPS) is 14.5. The number of carbonyl (C=O) groups is 3. The number of hydrogen-bond donors (Lipinski definition) is 2. The molecule has 0 aliphatic rings. The second kappa shape index (κ2) is 8.95. The van der Waals surface area contributed by atoms with Crippen molar-refractivity contribution in [2.24, 2.45) is 11.8 Å². The van der Waals surface area contributed by atoms with Crippen LogP contribution in [0.2, 0.25) is 0 Å². The second-order valence-corrected chi connectivity index (χ2v) is 5.27. The summed E-state index contributed by atoms with van der Waals surface area (Å²) in [4.78, 5) is 35.1. The standard InChI is InChI=1S/C14H23N3O4/c1-8(2)11(16-10(4)18)13(19)17-12(14(20)21-5)9(3)6-7-15/h8-9,11-12H,6H2,1-5H3,(H,16,18)(H,17,19)/t9-,11-,12-/m1/s1. The molecule has 0 rings (SSSR count). The number of nitrogens with zero attached hydrogens (tertiary/aromatic N) is 1. The number of methoxy groups -OCH3 is 1. The molecule has 7 nitrogen and oxygen atoms in total. The summed E-state index contributed by atoms with van der Waals surface area (Å²) in [5.74, 6) is -1.95. The van der Waals surface area contributed by atoms with E-state index in [0.717, 1.165) is 0 Å². The molecule has 0 aliphatic carbocycles. The summed E-state index contributed by atoms with van der Waals surface area (Å²) in [7, 11) is 1.22. The van der Waals surface area contributed by atoms with Crippen molar-refractivity contribution < 1.29 is 19.1 Å². The zero-order valence-corrected chi connectivity index (χ0v) is 13.1. The van der Waals surface area contributed by atoms with Gasteiger partial charge in [-0.3, -0.25) is 9.59 Å². The number of amides is 2. The van der Waals surface area contributed by atoms with Gasteiger partial charge in [0.1, 0.15) is 12.1 Å². The maximum atomic E-state index is 12.2. The first-order chi connectivity index (χ1) is 9.74. The van der Waals surface area contributed by atoms with Crippen LogP contribution in [0.4, 0.5) is 0 Å². The van der Waals surface area contributed by atoms with Crippen molar-refractivity contribution in [3.05, 3.63) is 0 Å². The number of ether oxygens (including phenoxy) is 1. The third-order valence-corrected chi connectivity index (χ3v) is 3.04. The highest BCUT2D eigenvalue weighted by Crippen LogP contribution is 2.11. The number of nitriles is 1. The Labute approximate surface area is 125 Å². The minimum absolute atomic E-state index is 0.104. The Morgan fingerprint density at radius 3 is 2.10 bits per heavy atom. The van der Waals surface area contributed by atoms with E-state index >= 15 is 0 Å². The maximum absolute atomic E-state index is 12.2. The van der Waals surface area contributed by atoms with Gasteiger partial charge in [0.25, 0.3) is 0 Å². The third kappa shape index (κ3) is 6.25. The molecule has 0 saturated carbocycles. The first-order valence-corrected chi connectivity index (χ1v) is 6.76. The van der Waals surface area contributed by atoms with Crippen LogP contribution in [0.1, 0.15) is 34.1 Å². The molecule has 0 aromatic carbocycles. The van der Waals surface area contributed by atoms with E-state index in [2.05, 4.69) is 15.4 Å². The predicted molar refractivity (Wildman–Crippen MR) is 75.8 cm³/mol.